The molecule has 1 aliphatic rings. The Kier molecular flexibility index (Phi) is 5.56. The molecular formula is C12H26BN3O2. The Labute approximate surface area is 112 Å². The van der Waals surface area contributed by atoms with Gasteiger partial charge in [-0.2, -0.15) is 0 Å². The molecule has 0 bridgehead atoms. The standard InChI is InChI=1S/C6H10BN3.C6H14O2.H2/c1-6(7)3-9-5(8-2)10-4-6;1-5(2,7)6(3,4)8;/h3H,4H2,1-2H3,(H,8,10);7-8H,1-4H3;1H. The van der Waals surface area contributed by atoms with Crippen molar-refractivity contribution in [2.75, 3.05) is 13.6 Å². The van der Waals surface area contributed by atoms with Crippen molar-refractivity contribution in [3.05, 3.63) is 0 Å². The fraction of sp³-hybridized carbons (Fsp3) is 0.833. The molecule has 1 unspecified atom stereocenters. The maximum Gasteiger partial charge on any atom is 0.217 e. The summed E-state index contributed by atoms with van der Waals surface area (Å²) in [5.41, 5.74) is -2.01. The van der Waals surface area contributed by atoms with Gasteiger partial charge in [0.05, 0.1) is 19.0 Å². The highest BCUT2D eigenvalue weighted by atomic mass is 16.3. The zero-order valence-electron chi connectivity index (χ0n) is 12.2. The molecule has 2 radical (unpaired) electrons. The van der Waals surface area contributed by atoms with Gasteiger partial charge in [0.1, 0.15) is 0 Å². The first-order chi connectivity index (χ1) is 7.89. The van der Waals surface area contributed by atoms with Crippen LogP contribution < -0.4 is 5.32 Å². The van der Waals surface area contributed by atoms with Gasteiger partial charge in [0.2, 0.25) is 5.96 Å². The molecule has 5 nitrogen and oxygen atoms in total. The van der Waals surface area contributed by atoms with Crippen LogP contribution in [0.4, 0.5) is 0 Å². The van der Waals surface area contributed by atoms with E-state index in [2.05, 4.69) is 15.3 Å². The second kappa shape index (κ2) is 5.84. The fourth-order valence-corrected chi connectivity index (χ4v) is 0.706. The lowest BCUT2D eigenvalue weighted by Gasteiger charge is -2.31. The zero-order valence-corrected chi connectivity index (χ0v) is 12.2. The molecule has 1 atom stereocenters. The monoisotopic (exact) mass is 255 g/mol. The van der Waals surface area contributed by atoms with Crippen LogP contribution in [0.2, 0.25) is 5.31 Å². The quantitative estimate of drug-likeness (QED) is 0.605. The third-order valence-corrected chi connectivity index (χ3v) is 2.82. The van der Waals surface area contributed by atoms with Gasteiger partial charge in [-0.05, 0) is 33.0 Å². The molecule has 1 heterocycles. The van der Waals surface area contributed by atoms with Crippen molar-refractivity contribution in [1.82, 2.24) is 5.32 Å². The first kappa shape index (κ1) is 17.1. The molecule has 0 saturated carbocycles. The second-order valence-electron chi connectivity index (χ2n) is 5.78. The Hall–Kier alpha value is -0.875. The topological polar surface area (TPSA) is 77.2 Å². The molecule has 3 N–H and O–H groups in total. The van der Waals surface area contributed by atoms with Gasteiger partial charge in [-0.1, -0.05) is 6.92 Å². The fourth-order valence-electron chi connectivity index (χ4n) is 0.706. The van der Waals surface area contributed by atoms with Crippen LogP contribution in [0.1, 0.15) is 36.0 Å². The minimum Gasteiger partial charge on any atom is -0.387 e. The van der Waals surface area contributed by atoms with E-state index < -0.39 is 11.2 Å². The Morgan fingerprint density at radius 3 is 2.06 bits per heavy atom. The van der Waals surface area contributed by atoms with E-state index in [1.807, 2.05) is 6.92 Å². The number of guanidine groups is 1. The first-order valence-corrected chi connectivity index (χ1v) is 5.88. The van der Waals surface area contributed by atoms with E-state index in [0.29, 0.717) is 12.5 Å². The highest BCUT2D eigenvalue weighted by Gasteiger charge is 2.31. The summed E-state index contributed by atoms with van der Waals surface area (Å²) in [6.45, 7) is 8.92. The summed E-state index contributed by atoms with van der Waals surface area (Å²) in [5, 5.41) is 20.9. The summed E-state index contributed by atoms with van der Waals surface area (Å²) in [7, 11) is 7.42. The zero-order chi connectivity index (χ0) is 14.6. The number of hydrogen-bond donors (Lipinski definition) is 3. The maximum atomic E-state index is 9.10. The Morgan fingerprint density at radius 1 is 1.39 bits per heavy atom. The number of hydrogen-bond acceptors (Lipinski definition) is 3. The third kappa shape index (κ3) is 6.16. The van der Waals surface area contributed by atoms with Gasteiger partial charge in [-0.3, -0.25) is 4.99 Å². The van der Waals surface area contributed by atoms with Crippen molar-refractivity contribution >= 4 is 20.0 Å². The van der Waals surface area contributed by atoms with Gasteiger partial charge in [-0.15, -0.1) is 0 Å². The minimum atomic E-state index is -1.01. The predicted octanol–water partition coefficient (Wildman–Crippen LogP) is 0.767. The highest BCUT2D eigenvalue weighted by molar-refractivity contribution is 6.26. The highest BCUT2D eigenvalue weighted by Crippen LogP contribution is 2.19. The van der Waals surface area contributed by atoms with Crippen LogP contribution in [-0.2, 0) is 0 Å². The largest absolute Gasteiger partial charge is 0.387 e. The van der Waals surface area contributed by atoms with Crippen molar-refractivity contribution in [2.45, 2.75) is 51.1 Å². The lowest BCUT2D eigenvalue weighted by Crippen LogP contribution is -2.44. The van der Waals surface area contributed by atoms with Crippen molar-refractivity contribution < 1.29 is 11.6 Å². The number of nitrogens with one attached hydrogen (secondary N) is 1. The second-order valence-corrected chi connectivity index (χ2v) is 5.78. The van der Waals surface area contributed by atoms with E-state index in [-0.39, 0.29) is 6.74 Å². The van der Waals surface area contributed by atoms with Crippen molar-refractivity contribution in [1.29, 1.82) is 0 Å². The molecule has 0 fully saturated rings. The molecule has 0 saturated heterocycles. The predicted molar refractivity (Wildman–Crippen MR) is 78.7 cm³/mol. The van der Waals surface area contributed by atoms with Gasteiger partial charge in [0.15, 0.2) is 0 Å². The molecule has 1 rings (SSSR count). The van der Waals surface area contributed by atoms with Crippen LogP contribution in [0.15, 0.2) is 9.98 Å². The lowest BCUT2D eigenvalue weighted by atomic mass is 9.71. The summed E-state index contributed by atoms with van der Waals surface area (Å²) in [6, 6.07) is 0. The van der Waals surface area contributed by atoms with Gasteiger partial charge < -0.3 is 15.5 Å². The van der Waals surface area contributed by atoms with Gasteiger partial charge in [-0.25, -0.2) is 4.99 Å². The van der Waals surface area contributed by atoms with Crippen LogP contribution in [0, 0.1) is 0 Å². The van der Waals surface area contributed by atoms with Crippen LogP contribution >= 0.6 is 0 Å². The van der Waals surface area contributed by atoms with Gasteiger partial charge in [0.25, 0.3) is 0 Å². The van der Waals surface area contributed by atoms with Gasteiger partial charge >= 0.3 is 0 Å². The Balaban J connectivity index is 0. The molecule has 0 amide bonds. The van der Waals surface area contributed by atoms with Crippen LogP contribution in [0.3, 0.4) is 0 Å². The van der Waals surface area contributed by atoms with E-state index in [9.17, 15) is 0 Å². The molecule has 0 aromatic carbocycles. The van der Waals surface area contributed by atoms with E-state index in [4.69, 9.17) is 18.1 Å². The molecule has 0 aromatic heterocycles. The van der Waals surface area contributed by atoms with Crippen molar-refractivity contribution in [3.63, 3.8) is 0 Å². The summed E-state index contributed by atoms with van der Waals surface area (Å²) in [4.78, 5) is 7.85. The van der Waals surface area contributed by atoms with Gasteiger partial charge in [0, 0.05) is 21.2 Å². The minimum absolute atomic E-state index is 0. The van der Waals surface area contributed by atoms with Crippen LogP contribution in [-0.4, -0.2) is 55.0 Å². The number of aliphatic hydroxyl groups is 2. The normalized spacial score (nSPS) is 26.3. The molecule has 0 aromatic rings. The molecule has 0 aliphatic carbocycles. The average Bonchev–Trinajstić information content (AvgIpc) is 2.15. The van der Waals surface area contributed by atoms with E-state index in [1.165, 1.54) is 0 Å². The molecule has 18 heavy (non-hydrogen) atoms. The maximum absolute atomic E-state index is 9.10. The first-order valence-electron chi connectivity index (χ1n) is 5.88. The Bertz CT molecular complexity index is 319. The number of rotatable bonds is 1. The average molecular weight is 255 g/mol. The number of nitrogens with zero attached hydrogens (tertiary/aromatic N) is 2. The van der Waals surface area contributed by atoms with Crippen LogP contribution in [0.5, 0.6) is 0 Å². The van der Waals surface area contributed by atoms with Crippen molar-refractivity contribution in [3.8, 4) is 0 Å². The number of aliphatic imine (C=N–C) groups is 2. The summed E-state index contributed by atoms with van der Waals surface area (Å²) in [5.74, 6) is 0.655. The smallest absolute Gasteiger partial charge is 0.217 e. The summed E-state index contributed by atoms with van der Waals surface area (Å²) in [6.07, 6.45) is 1.71. The summed E-state index contributed by atoms with van der Waals surface area (Å²) < 4.78 is 0. The van der Waals surface area contributed by atoms with Crippen molar-refractivity contribution in [2.24, 2.45) is 9.98 Å². The van der Waals surface area contributed by atoms with E-state index in [0.717, 1.165) is 0 Å². The lowest BCUT2D eigenvalue weighted by molar-refractivity contribution is -0.107. The molecule has 104 valence electrons. The van der Waals surface area contributed by atoms with E-state index >= 15 is 0 Å². The Morgan fingerprint density at radius 2 is 1.83 bits per heavy atom. The summed E-state index contributed by atoms with van der Waals surface area (Å²) >= 11 is 0. The third-order valence-electron chi connectivity index (χ3n) is 2.82. The SMILES string of the molecule is CC(C)(O)C(C)(C)O.[B]C1(C)C=NC(=NC)NC1.[HH]. The molecule has 6 heteroatoms. The molecule has 0 spiro atoms. The molecule has 1 aliphatic heterocycles. The van der Waals surface area contributed by atoms with E-state index in [1.54, 1.807) is 41.0 Å². The molecular weight excluding hydrogens is 229 g/mol. The van der Waals surface area contributed by atoms with Crippen LogP contribution in [0.25, 0.3) is 0 Å².